The second kappa shape index (κ2) is 8.37. The summed E-state index contributed by atoms with van der Waals surface area (Å²) >= 11 is 0. The molecular weight excluding hydrogens is 250 g/mol. The van der Waals surface area contributed by atoms with Crippen molar-refractivity contribution >= 4 is 6.21 Å². The Labute approximate surface area is 118 Å². The Bertz CT molecular complexity index is 542. The zero-order valence-corrected chi connectivity index (χ0v) is 11.0. The zero-order valence-electron chi connectivity index (χ0n) is 11.0. The summed E-state index contributed by atoms with van der Waals surface area (Å²) in [6.45, 7) is 0. The lowest BCUT2D eigenvalue weighted by Gasteiger charge is -2.02. The number of nitrogens with zero attached hydrogens (tertiary/aromatic N) is 3. The van der Waals surface area contributed by atoms with Gasteiger partial charge in [-0.3, -0.25) is 0 Å². The van der Waals surface area contributed by atoms with Gasteiger partial charge in [0.05, 0.1) is 11.5 Å². The molecule has 0 saturated carbocycles. The van der Waals surface area contributed by atoms with Crippen LogP contribution in [0.1, 0.15) is 5.56 Å². The van der Waals surface area contributed by atoms with Crippen molar-refractivity contribution in [3.63, 3.8) is 0 Å². The van der Waals surface area contributed by atoms with Crippen molar-refractivity contribution in [3.05, 3.63) is 78.4 Å². The van der Waals surface area contributed by atoms with Crippen molar-refractivity contribution in [2.75, 3.05) is 0 Å². The maximum atomic E-state index is 5.24. The Morgan fingerprint density at radius 1 is 0.850 bits per heavy atom. The molecule has 1 aliphatic rings. The molecule has 0 aromatic heterocycles. The lowest BCUT2D eigenvalue weighted by molar-refractivity contribution is 0.303. The molecule has 0 aliphatic carbocycles. The Morgan fingerprint density at radius 2 is 1.60 bits per heavy atom. The van der Waals surface area contributed by atoms with Crippen LogP contribution in [0.25, 0.3) is 0 Å². The molecule has 0 fully saturated rings. The highest BCUT2D eigenvalue weighted by molar-refractivity contribution is 5.71. The van der Waals surface area contributed by atoms with E-state index in [0.717, 1.165) is 12.0 Å². The summed E-state index contributed by atoms with van der Waals surface area (Å²) in [6.07, 6.45) is 17.8. The quantitative estimate of drug-likeness (QED) is 0.693. The lowest BCUT2D eigenvalue weighted by Crippen LogP contribution is -1.89. The van der Waals surface area contributed by atoms with Crippen molar-refractivity contribution in [1.29, 1.82) is 0 Å². The first kappa shape index (κ1) is 13.7. The number of hydrogen-bond donors (Lipinski definition) is 0. The molecule has 0 radical (unpaired) electrons. The lowest BCUT2D eigenvalue weighted by atomic mass is 10.1. The second-order valence-electron chi connectivity index (χ2n) is 3.92. The van der Waals surface area contributed by atoms with Crippen LogP contribution in [0.5, 0.6) is 5.75 Å². The Balaban J connectivity index is 2.19. The molecule has 1 aliphatic heterocycles. The van der Waals surface area contributed by atoms with Gasteiger partial charge in [0.15, 0.2) is 5.75 Å². The van der Waals surface area contributed by atoms with Crippen molar-refractivity contribution < 1.29 is 4.84 Å². The number of hydrogen-bond acceptors (Lipinski definition) is 4. The van der Waals surface area contributed by atoms with E-state index in [1.54, 1.807) is 12.3 Å². The van der Waals surface area contributed by atoms with E-state index in [2.05, 4.69) is 21.7 Å². The van der Waals surface area contributed by atoms with Gasteiger partial charge >= 0.3 is 0 Å². The maximum Gasteiger partial charge on any atom is 0.163 e. The van der Waals surface area contributed by atoms with Crippen LogP contribution in [-0.2, 0) is 6.42 Å². The minimum Gasteiger partial charge on any atom is -0.338 e. The average Bonchev–Trinajstić information content (AvgIpc) is 2.47. The van der Waals surface area contributed by atoms with E-state index < -0.39 is 0 Å². The highest BCUT2D eigenvalue weighted by Gasteiger charge is 2.00. The minimum absolute atomic E-state index is 0.683. The van der Waals surface area contributed by atoms with Crippen LogP contribution in [0.2, 0.25) is 0 Å². The largest absolute Gasteiger partial charge is 0.338 e. The van der Waals surface area contributed by atoms with Crippen LogP contribution in [-0.4, -0.2) is 6.21 Å². The first-order chi connectivity index (χ1) is 9.97. The van der Waals surface area contributed by atoms with Crippen LogP contribution in [0.4, 0.5) is 0 Å². The minimum atomic E-state index is 0.683. The van der Waals surface area contributed by atoms with Crippen LogP contribution >= 0.6 is 0 Å². The molecule has 20 heavy (non-hydrogen) atoms. The Hall–Kier alpha value is -2.75. The van der Waals surface area contributed by atoms with Gasteiger partial charge in [-0.25, -0.2) is 0 Å². The van der Waals surface area contributed by atoms with Crippen LogP contribution in [0, 0.1) is 0 Å². The van der Waals surface area contributed by atoms with E-state index in [0.29, 0.717) is 5.75 Å². The van der Waals surface area contributed by atoms with Gasteiger partial charge in [-0.05, 0) is 23.8 Å². The van der Waals surface area contributed by atoms with E-state index in [9.17, 15) is 0 Å². The summed E-state index contributed by atoms with van der Waals surface area (Å²) in [5, 5.41) is 10.9. The maximum absolute atomic E-state index is 5.24. The van der Waals surface area contributed by atoms with Gasteiger partial charge in [-0.1, -0.05) is 60.7 Å². The van der Waals surface area contributed by atoms with Gasteiger partial charge in [0.2, 0.25) is 0 Å². The molecule has 1 heterocycles. The number of benzene rings is 1. The number of rotatable bonds is 0. The highest BCUT2D eigenvalue weighted by atomic mass is 16.6. The molecule has 0 unspecified atom stereocenters. The van der Waals surface area contributed by atoms with Crippen LogP contribution < -0.4 is 4.84 Å². The van der Waals surface area contributed by atoms with E-state index in [-0.39, 0.29) is 0 Å². The Kier molecular flexibility index (Phi) is 5.72. The van der Waals surface area contributed by atoms with E-state index >= 15 is 0 Å². The van der Waals surface area contributed by atoms with E-state index in [1.165, 1.54) is 0 Å². The molecule has 0 amide bonds. The molecule has 100 valence electrons. The van der Waals surface area contributed by atoms with Crippen molar-refractivity contribution in [3.8, 4) is 5.75 Å². The smallest absolute Gasteiger partial charge is 0.163 e. The standard InChI is InChI=1S/C16H15N3O/c1-2-4-6-10-14-17-18-19-20-16-13-9-8-12-15(16)11-7-5-3-1/h1-10,12-14H,11H2/b3-1-,4-2?,7-5-,10-6?,17-14+,19-18-. The molecular formula is C16H15N3O. The van der Waals surface area contributed by atoms with Gasteiger partial charge in [0, 0.05) is 5.56 Å². The summed E-state index contributed by atoms with van der Waals surface area (Å²) in [6, 6.07) is 7.71. The summed E-state index contributed by atoms with van der Waals surface area (Å²) in [7, 11) is 0. The van der Waals surface area contributed by atoms with Gasteiger partial charge in [0.1, 0.15) is 0 Å². The summed E-state index contributed by atoms with van der Waals surface area (Å²) in [5.74, 6) is 0.683. The van der Waals surface area contributed by atoms with Crippen molar-refractivity contribution in [1.82, 2.24) is 0 Å². The molecule has 4 nitrogen and oxygen atoms in total. The molecule has 0 saturated heterocycles. The average molecular weight is 265 g/mol. The van der Waals surface area contributed by atoms with Crippen molar-refractivity contribution in [2.24, 2.45) is 15.6 Å². The van der Waals surface area contributed by atoms with E-state index in [4.69, 9.17) is 4.84 Å². The van der Waals surface area contributed by atoms with E-state index in [1.807, 2.05) is 60.7 Å². The van der Waals surface area contributed by atoms with Gasteiger partial charge in [-0.2, -0.15) is 0 Å². The predicted octanol–water partition coefficient (Wildman–Crippen LogP) is 4.20. The van der Waals surface area contributed by atoms with Crippen molar-refractivity contribution in [2.45, 2.75) is 6.42 Å². The normalized spacial score (nSPS) is 21.4. The molecule has 0 bridgehead atoms. The predicted molar refractivity (Wildman–Crippen MR) is 80.7 cm³/mol. The van der Waals surface area contributed by atoms with Crippen LogP contribution in [0.15, 0.2) is 88.5 Å². The number of allylic oxidation sites excluding steroid dienone is 8. The monoisotopic (exact) mass is 265 g/mol. The number of para-hydroxylation sites is 1. The van der Waals surface area contributed by atoms with Crippen LogP contribution in [0.3, 0.4) is 0 Å². The third kappa shape index (κ3) is 4.86. The molecule has 1 aromatic carbocycles. The highest BCUT2D eigenvalue weighted by Crippen LogP contribution is 2.19. The third-order valence-corrected chi connectivity index (χ3v) is 2.49. The second-order valence-corrected chi connectivity index (χ2v) is 3.92. The molecule has 0 spiro atoms. The SMILES string of the molecule is C1=C/C=C\C=C/Cc2ccccc2O/N=N\N=C\C=C1. The number of fused-ring (bicyclic) bond motifs is 1. The van der Waals surface area contributed by atoms with Gasteiger partial charge in [0.25, 0.3) is 0 Å². The first-order valence-electron chi connectivity index (χ1n) is 6.30. The fourth-order valence-electron chi connectivity index (χ4n) is 1.56. The summed E-state index contributed by atoms with van der Waals surface area (Å²) < 4.78 is 0. The molecule has 2 rings (SSSR count). The topological polar surface area (TPSA) is 46.3 Å². The Morgan fingerprint density at radius 3 is 2.50 bits per heavy atom. The van der Waals surface area contributed by atoms with Gasteiger partial charge in [-0.15, -0.1) is 5.10 Å². The molecule has 0 atom stereocenters. The summed E-state index contributed by atoms with van der Waals surface area (Å²) in [4.78, 5) is 5.24. The third-order valence-electron chi connectivity index (χ3n) is 2.49. The first-order valence-corrected chi connectivity index (χ1v) is 6.30. The van der Waals surface area contributed by atoms with Gasteiger partial charge < -0.3 is 4.84 Å². The molecule has 1 aromatic rings. The zero-order chi connectivity index (χ0) is 13.9. The fourth-order valence-corrected chi connectivity index (χ4v) is 1.56. The summed E-state index contributed by atoms with van der Waals surface area (Å²) in [5.41, 5.74) is 1.04. The fraction of sp³-hybridized carbons (Fsp3) is 0.0625. The molecule has 4 heteroatoms. The molecule has 0 N–H and O–H groups in total.